The van der Waals surface area contributed by atoms with Gasteiger partial charge in [-0.3, -0.25) is 4.79 Å². The molecule has 0 radical (unpaired) electrons. The molecule has 2 aromatic heterocycles. The molecule has 0 atom stereocenters. The number of fused-ring (bicyclic) bond motifs is 1. The molecule has 4 N–H and O–H groups in total. The number of hydrogen-bond donors (Lipinski definition) is 3. The maximum absolute atomic E-state index is 12.9. The zero-order valence-corrected chi connectivity index (χ0v) is 20.1. The van der Waals surface area contributed by atoms with Crippen LogP contribution in [0.5, 0.6) is 5.75 Å². The van der Waals surface area contributed by atoms with E-state index >= 15 is 0 Å². The number of aromatic nitrogens is 3. The lowest BCUT2D eigenvalue weighted by Gasteiger charge is -2.50. The molecule has 3 aliphatic rings. The third-order valence-electron chi connectivity index (χ3n) is 7.57. The lowest BCUT2D eigenvalue weighted by atomic mass is 9.61. The van der Waals surface area contributed by atoms with E-state index in [2.05, 4.69) is 25.6 Å². The van der Waals surface area contributed by atoms with Crippen LogP contribution in [0.2, 0.25) is 0 Å². The summed E-state index contributed by atoms with van der Waals surface area (Å²) in [5.74, 6) is 1.76. The number of rotatable bonds is 6. The normalized spacial score (nSPS) is 18.2. The van der Waals surface area contributed by atoms with Crippen molar-refractivity contribution in [3.8, 4) is 17.0 Å². The first-order valence-electron chi connectivity index (χ1n) is 12.5. The van der Waals surface area contributed by atoms with Crippen molar-refractivity contribution in [1.82, 2.24) is 20.3 Å². The molecule has 4 heterocycles. The molecular formula is C27H30N6O3. The Balaban J connectivity index is 1.11. The summed E-state index contributed by atoms with van der Waals surface area (Å²) in [6.07, 6.45) is 8.47. The van der Waals surface area contributed by atoms with Gasteiger partial charge in [-0.15, -0.1) is 0 Å². The average Bonchev–Trinajstić information content (AvgIpc) is 3.37. The third-order valence-corrected chi connectivity index (χ3v) is 7.57. The zero-order chi connectivity index (χ0) is 24.5. The van der Waals surface area contributed by atoms with Crippen LogP contribution in [0.15, 0.2) is 42.7 Å². The van der Waals surface area contributed by atoms with E-state index in [9.17, 15) is 4.79 Å². The fourth-order valence-electron chi connectivity index (χ4n) is 5.62. The lowest BCUT2D eigenvalue weighted by Crippen LogP contribution is -2.52. The molecule has 1 amide bonds. The molecule has 36 heavy (non-hydrogen) atoms. The van der Waals surface area contributed by atoms with Crippen molar-refractivity contribution in [3.63, 3.8) is 0 Å². The molecule has 9 nitrogen and oxygen atoms in total. The summed E-state index contributed by atoms with van der Waals surface area (Å²) in [5, 5.41) is 6.64. The smallest absolute Gasteiger partial charge is 0.251 e. The molecule has 186 valence electrons. The highest BCUT2D eigenvalue weighted by Gasteiger charge is 2.45. The number of nitrogens with two attached hydrogens (primary N) is 1. The van der Waals surface area contributed by atoms with Crippen LogP contribution in [-0.4, -0.2) is 46.7 Å². The predicted molar refractivity (Wildman–Crippen MR) is 136 cm³/mol. The van der Waals surface area contributed by atoms with Gasteiger partial charge in [0.2, 0.25) is 5.95 Å². The molecular weight excluding hydrogens is 456 g/mol. The van der Waals surface area contributed by atoms with Crippen molar-refractivity contribution in [2.75, 3.05) is 30.9 Å². The van der Waals surface area contributed by atoms with Crippen molar-refractivity contribution in [3.05, 3.63) is 59.4 Å². The summed E-state index contributed by atoms with van der Waals surface area (Å²) >= 11 is 0. The number of amides is 1. The standard InChI is InChI=1S/C27H30N6O3/c28-26-29-8-4-22(33-26)21-16-31-24(20-5-9-36-23(20)21)30-15-17-2-1-3-18(12-17)25(34)32-19-13-27(14-19)6-10-35-11-7-27/h1-4,8,12,16,19H,5-7,9-11,13-15H2,(H,30,31)(H,32,34)(H2,28,29,33). The monoisotopic (exact) mass is 486 g/mol. The number of carbonyl (C=O) groups is 1. The molecule has 1 saturated heterocycles. The average molecular weight is 487 g/mol. The van der Waals surface area contributed by atoms with Crippen molar-refractivity contribution in [1.29, 1.82) is 0 Å². The van der Waals surface area contributed by atoms with Crippen LogP contribution >= 0.6 is 0 Å². The number of nitrogen functional groups attached to an aromatic ring is 1. The van der Waals surface area contributed by atoms with Crippen molar-refractivity contribution in [2.45, 2.75) is 44.7 Å². The third kappa shape index (κ3) is 4.46. The van der Waals surface area contributed by atoms with E-state index in [1.54, 1.807) is 18.5 Å². The van der Waals surface area contributed by atoms with Gasteiger partial charge >= 0.3 is 0 Å². The summed E-state index contributed by atoms with van der Waals surface area (Å²) in [6.45, 7) is 2.83. The first kappa shape index (κ1) is 22.7. The number of carbonyl (C=O) groups excluding carboxylic acids is 1. The Bertz CT molecular complexity index is 1280. The van der Waals surface area contributed by atoms with E-state index in [-0.39, 0.29) is 17.9 Å². The Morgan fingerprint density at radius 3 is 2.83 bits per heavy atom. The Morgan fingerprint density at radius 1 is 1.14 bits per heavy atom. The molecule has 2 aliphatic heterocycles. The van der Waals surface area contributed by atoms with Crippen LogP contribution in [0.3, 0.4) is 0 Å². The molecule has 2 fully saturated rings. The molecule has 1 aliphatic carbocycles. The van der Waals surface area contributed by atoms with Gasteiger partial charge in [-0.05, 0) is 54.9 Å². The minimum Gasteiger partial charge on any atom is -0.492 e. The molecule has 0 unspecified atom stereocenters. The van der Waals surface area contributed by atoms with E-state index in [1.807, 2.05) is 24.3 Å². The van der Waals surface area contributed by atoms with E-state index in [0.717, 1.165) is 73.6 Å². The number of benzene rings is 1. The van der Waals surface area contributed by atoms with Crippen LogP contribution in [-0.2, 0) is 17.7 Å². The fraction of sp³-hybridized carbons (Fsp3) is 0.407. The van der Waals surface area contributed by atoms with Crippen LogP contribution in [0.1, 0.15) is 47.2 Å². The summed E-state index contributed by atoms with van der Waals surface area (Å²) in [5.41, 5.74) is 10.3. The number of pyridine rings is 1. The van der Waals surface area contributed by atoms with Crippen LogP contribution in [0.25, 0.3) is 11.3 Å². The van der Waals surface area contributed by atoms with E-state index in [0.29, 0.717) is 29.8 Å². The Hall–Kier alpha value is -3.72. The summed E-state index contributed by atoms with van der Waals surface area (Å²) in [7, 11) is 0. The molecule has 1 aromatic carbocycles. The largest absolute Gasteiger partial charge is 0.492 e. The van der Waals surface area contributed by atoms with Gasteiger partial charge in [0.25, 0.3) is 5.91 Å². The van der Waals surface area contributed by atoms with E-state index in [4.69, 9.17) is 15.2 Å². The molecule has 1 spiro atoms. The van der Waals surface area contributed by atoms with Gasteiger partial charge < -0.3 is 25.8 Å². The van der Waals surface area contributed by atoms with Crippen molar-refractivity contribution in [2.24, 2.45) is 5.41 Å². The van der Waals surface area contributed by atoms with Gasteiger partial charge in [0.05, 0.1) is 17.9 Å². The number of ether oxygens (including phenoxy) is 2. The highest BCUT2D eigenvalue weighted by Crippen LogP contribution is 2.48. The maximum Gasteiger partial charge on any atom is 0.251 e. The SMILES string of the molecule is Nc1nccc(-c2cnc(NCc3cccc(C(=O)NC4CC5(CCOCC5)C4)c3)c3c2OCC3)n1. The molecule has 9 heteroatoms. The summed E-state index contributed by atoms with van der Waals surface area (Å²) < 4.78 is 11.4. The second kappa shape index (κ2) is 9.39. The number of anilines is 2. The second-order valence-electron chi connectivity index (χ2n) is 9.97. The van der Waals surface area contributed by atoms with E-state index in [1.165, 1.54) is 0 Å². The number of nitrogens with one attached hydrogen (secondary N) is 2. The van der Waals surface area contributed by atoms with Gasteiger partial charge in [0.15, 0.2) is 0 Å². The van der Waals surface area contributed by atoms with Gasteiger partial charge in [-0.1, -0.05) is 12.1 Å². The van der Waals surface area contributed by atoms with Crippen molar-refractivity contribution >= 4 is 17.7 Å². The zero-order valence-electron chi connectivity index (χ0n) is 20.1. The molecule has 6 rings (SSSR count). The van der Waals surface area contributed by atoms with Crippen molar-refractivity contribution < 1.29 is 14.3 Å². The van der Waals surface area contributed by atoms with Gasteiger partial charge in [0.1, 0.15) is 11.6 Å². The summed E-state index contributed by atoms with van der Waals surface area (Å²) in [4.78, 5) is 25.8. The second-order valence-corrected chi connectivity index (χ2v) is 9.97. The topological polar surface area (TPSA) is 124 Å². The molecule has 1 saturated carbocycles. The van der Waals surface area contributed by atoms with Crippen LogP contribution in [0.4, 0.5) is 11.8 Å². The highest BCUT2D eigenvalue weighted by molar-refractivity contribution is 5.94. The van der Waals surface area contributed by atoms with Gasteiger partial charge in [-0.25, -0.2) is 15.0 Å². The first-order chi connectivity index (χ1) is 17.6. The van der Waals surface area contributed by atoms with Crippen LogP contribution in [0, 0.1) is 5.41 Å². The first-order valence-corrected chi connectivity index (χ1v) is 12.5. The Kier molecular flexibility index (Phi) is 5.92. The lowest BCUT2D eigenvalue weighted by molar-refractivity contribution is -0.0434. The molecule has 3 aromatic rings. The summed E-state index contributed by atoms with van der Waals surface area (Å²) in [6, 6.07) is 9.81. The van der Waals surface area contributed by atoms with Crippen LogP contribution < -0.4 is 21.1 Å². The van der Waals surface area contributed by atoms with Gasteiger partial charge in [0, 0.05) is 55.7 Å². The number of nitrogens with zero attached hydrogens (tertiary/aromatic N) is 3. The Morgan fingerprint density at radius 2 is 2.00 bits per heavy atom. The van der Waals surface area contributed by atoms with E-state index < -0.39 is 0 Å². The van der Waals surface area contributed by atoms with Gasteiger partial charge in [-0.2, -0.15) is 0 Å². The predicted octanol–water partition coefficient (Wildman–Crippen LogP) is 3.36. The molecule has 0 bridgehead atoms. The number of hydrogen-bond acceptors (Lipinski definition) is 8. The minimum absolute atomic E-state index is 0.00958. The highest BCUT2D eigenvalue weighted by atomic mass is 16.5. The quantitative estimate of drug-likeness (QED) is 0.485. The Labute approximate surface area is 209 Å². The maximum atomic E-state index is 12.9. The fourth-order valence-corrected chi connectivity index (χ4v) is 5.62. The minimum atomic E-state index is -0.00958.